The summed E-state index contributed by atoms with van der Waals surface area (Å²) < 4.78 is 5.60. The zero-order chi connectivity index (χ0) is 15.2. The van der Waals surface area contributed by atoms with Crippen molar-refractivity contribution in [2.24, 2.45) is 0 Å². The van der Waals surface area contributed by atoms with E-state index in [0.717, 1.165) is 5.56 Å². The molecule has 0 aliphatic heterocycles. The molecule has 0 aliphatic rings. The van der Waals surface area contributed by atoms with Crippen LogP contribution in [0.15, 0.2) is 48.5 Å². The quantitative estimate of drug-likeness (QED) is 0.630. The molecule has 0 saturated heterocycles. The Morgan fingerprint density at radius 3 is 2.48 bits per heavy atom. The van der Waals surface area contributed by atoms with Crippen LogP contribution in [0.2, 0.25) is 0 Å². The molecule has 6 nitrogen and oxygen atoms in total. The number of benzene rings is 2. The van der Waals surface area contributed by atoms with Gasteiger partial charge in [-0.2, -0.15) is 0 Å². The second kappa shape index (κ2) is 6.51. The fraction of sp³-hybridized carbons (Fsp3) is 0.133. The molecule has 0 aliphatic carbocycles. The maximum Gasteiger partial charge on any atom is 0.405 e. The zero-order valence-corrected chi connectivity index (χ0v) is 11.3. The minimum absolute atomic E-state index is 0.152. The summed E-state index contributed by atoms with van der Waals surface area (Å²) in [6.45, 7) is 0.152. The van der Waals surface area contributed by atoms with Gasteiger partial charge in [-0.3, -0.25) is 0 Å². The lowest BCUT2D eigenvalue weighted by molar-refractivity contribution is 0.181. The number of amides is 1. The smallest absolute Gasteiger partial charge is 0.405 e. The topological polar surface area (TPSA) is 111 Å². The van der Waals surface area contributed by atoms with Crippen molar-refractivity contribution in [2.45, 2.75) is 6.04 Å². The van der Waals surface area contributed by atoms with Crippen LogP contribution in [0.25, 0.3) is 0 Å². The number of anilines is 2. The predicted molar refractivity (Wildman–Crippen MR) is 81.1 cm³/mol. The van der Waals surface area contributed by atoms with E-state index in [0.29, 0.717) is 17.1 Å². The highest BCUT2D eigenvalue weighted by Gasteiger charge is 2.14. The van der Waals surface area contributed by atoms with Gasteiger partial charge in [-0.1, -0.05) is 30.3 Å². The molecule has 2 rings (SSSR count). The van der Waals surface area contributed by atoms with E-state index in [2.05, 4.69) is 5.32 Å². The van der Waals surface area contributed by atoms with Crippen molar-refractivity contribution < 1.29 is 14.6 Å². The van der Waals surface area contributed by atoms with Crippen LogP contribution in [-0.4, -0.2) is 17.8 Å². The fourth-order valence-corrected chi connectivity index (χ4v) is 1.88. The SMILES string of the molecule is Nc1ccc(OC[C@H](NC(=O)O)c2ccccc2)cc1N. The molecule has 0 radical (unpaired) electrons. The lowest BCUT2D eigenvalue weighted by Gasteiger charge is -2.18. The summed E-state index contributed by atoms with van der Waals surface area (Å²) in [5.41, 5.74) is 13.1. The molecule has 21 heavy (non-hydrogen) atoms. The van der Waals surface area contributed by atoms with Gasteiger partial charge in [0.25, 0.3) is 0 Å². The van der Waals surface area contributed by atoms with Gasteiger partial charge in [-0.25, -0.2) is 4.79 Å². The van der Waals surface area contributed by atoms with Gasteiger partial charge in [0.1, 0.15) is 12.4 Å². The van der Waals surface area contributed by atoms with Crippen molar-refractivity contribution in [2.75, 3.05) is 18.1 Å². The van der Waals surface area contributed by atoms with E-state index in [1.807, 2.05) is 30.3 Å². The molecule has 1 atom stereocenters. The maximum absolute atomic E-state index is 10.9. The summed E-state index contributed by atoms with van der Waals surface area (Å²) in [6, 6.07) is 13.7. The van der Waals surface area contributed by atoms with Crippen LogP contribution in [0, 0.1) is 0 Å². The summed E-state index contributed by atoms with van der Waals surface area (Å²) in [5, 5.41) is 11.3. The van der Waals surface area contributed by atoms with Gasteiger partial charge in [-0.05, 0) is 17.7 Å². The first-order valence-electron chi connectivity index (χ1n) is 6.38. The van der Waals surface area contributed by atoms with Crippen LogP contribution in [-0.2, 0) is 0 Å². The van der Waals surface area contributed by atoms with Crippen LogP contribution in [0.3, 0.4) is 0 Å². The van der Waals surface area contributed by atoms with Crippen LogP contribution >= 0.6 is 0 Å². The number of rotatable bonds is 5. The predicted octanol–water partition coefficient (Wildman–Crippen LogP) is 2.24. The van der Waals surface area contributed by atoms with Crippen molar-refractivity contribution in [1.29, 1.82) is 0 Å². The first-order valence-corrected chi connectivity index (χ1v) is 6.38. The molecule has 2 aromatic rings. The van der Waals surface area contributed by atoms with Crippen molar-refractivity contribution in [1.82, 2.24) is 5.32 Å². The third kappa shape index (κ3) is 4.04. The Kier molecular flexibility index (Phi) is 4.50. The highest BCUT2D eigenvalue weighted by Crippen LogP contribution is 2.23. The third-order valence-electron chi connectivity index (χ3n) is 2.97. The Morgan fingerprint density at radius 1 is 1.14 bits per heavy atom. The maximum atomic E-state index is 10.9. The van der Waals surface area contributed by atoms with Crippen molar-refractivity contribution in [3.05, 3.63) is 54.1 Å². The Bertz CT molecular complexity index is 617. The summed E-state index contributed by atoms with van der Waals surface area (Å²) in [4.78, 5) is 10.9. The molecule has 6 heteroatoms. The summed E-state index contributed by atoms with van der Waals surface area (Å²) >= 11 is 0. The second-order valence-electron chi connectivity index (χ2n) is 4.51. The van der Waals surface area contributed by atoms with E-state index in [9.17, 15) is 4.79 Å². The van der Waals surface area contributed by atoms with Gasteiger partial charge >= 0.3 is 6.09 Å². The fourth-order valence-electron chi connectivity index (χ4n) is 1.88. The van der Waals surface area contributed by atoms with Gasteiger partial charge in [-0.15, -0.1) is 0 Å². The highest BCUT2D eigenvalue weighted by atomic mass is 16.5. The molecule has 2 aromatic carbocycles. The minimum atomic E-state index is -1.11. The number of carbonyl (C=O) groups is 1. The second-order valence-corrected chi connectivity index (χ2v) is 4.51. The summed E-state index contributed by atoms with van der Waals surface area (Å²) in [7, 11) is 0. The lowest BCUT2D eigenvalue weighted by Crippen LogP contribution is -2.31. The van der Waals surface area contributed by atoms with Gasteiger partial charge in [0, 0.05) is 6.07 Å². The van der Waals surface area contributed by atoms with Gasteiger partial charge in [0.2, 0.25) is 0 Å². The van der Waals surface area contributed by atoms with Crippen LogP contribution in [0.4, 0.5) is 16.2 Å². The first-order chi connectivity index (χ1) is 10.1. The Labute approximate surface area is 122 Å². The van der Waals surface area contributed by atoms with E-state index in [1.54, 1.807) is 18.2 Å². The van der Waals surface area contributed by atoms with E-state index in [4.69, 9.17) is 21.3 Å². The largest absolute Gasteiger partial charge is 0.491 e. The number of hydrogen-bond acceptors (Lipinski definition) is 4. The van der Waals surface area contributed by atoms with E-state index in [1.165, 1.54) is 0 Å². The Morgan fingerprint density at radius 2 is 1.86 bits per heavy atom. The molecule has 0 bridgehead atoms. The lowest BCUT2D eigenvalue weighted by atomic mass is 10.1. The standard InChI is InChI=1S/C15H17N3O3/c16-12-7-6-11(8-13(12)17)21-9-14(18-15(19)20)10-4-2-1-3-5-10/h1-8,14,18H,9,16-17H2,(H,19,20)/t14-/m0/s1. The van der Waals surface area contributed by atoms with Gasteiger partial charge in [0.15, 0.2) is 0 Å². The monoisotopic (exact) mass is 287 g/mol. The van der Waals surface area contributed by atoms with Crippen LogP contribution in [0.1, 0.15) is 11.6 Å². The van der Waals surface area contributed by atoms with E-state index >= 15 is 0 Å². The van der Waals surface area contributed by atoms with E-state index in [-0.39, 0.29) is 6.61 Å². The molecular weight excluding hydrogens is 270 g/mol. The van der Waals surface area contributed by atoms with Gasteiger partial charge in [0.05, 0.1) is 17.4 Å². The third-order valence-corrected chi connectivity index (χ3v) is 2.97. The molecule has 0 aromatic heterocycles. The average molecular weight is 287 g/mol. The average Bonchev–Trinajstić information content (AvgIpc) is 2.47. The number of nitrogen functional groups attached to an aromatic ring is 2. The summed E-state index contributed by atoms with van der Waals surface area (Å²) in [5.74, 6) is 0.537. The molecule has 0 unspecified atom stereocenters. The normalized spacial score (nSPS) is 11.6. The molecule has 0 fully saturated rings. The number of ether oxygens (including phenoxy) is 1. The number of nitrogens with one attached hydrogen (secondary N) is 1. The van der Waals surface area contributed by atoms with Crippen molar-refractivity contribution in [3.8, 4) is 5.75 Å². The molecular formula is C15H17N3O3. The highest BCUT2D eigenvalue weighted by molar-refractivity contribution is 5.66. The van der Waals surface area contributed by atoms with Crippen LogP contribution < -0.4 is 21.5 Å². The number of hydrogen-bond donors (Lipinski definition) is 4. The molecule has 6 N–H and O–H groups in total. The molecule has 110 valence electrons. The Hall–Kier alpha value is -2.89. The minimum Gasteiger partial charge on any atom is -0.491 e. The first kappa shape index (κ1) is 14.5. The molecule has 0 saturated carbocycles. The van der Waals surface area contributed by atoms with Crippen molar-refractivity contribution >= 4 is 17.5 Å². The van der Waals surface area contributed by atoms with Crippen molar-refractivity contribution in [3.63, 3.8) is 0 Å². The number of carboxylic acid groups (broad SMARTS) is 1. The molecule has 1 amide bonds. The van der Waals surface area contributed by atoms with E-state index < -0.39 is 12.1 Å². The Balaban J connectivity index is 2.08. The summed E-state index contributed by atoms with van der Waals surface area (Å²) in [6.07, 6.45) is -1.11. The zero-order valence-electron chi connectivity index (χ0n) is 11.3. The van der Waals surface area contributed by atoms with Gasteiger partial charge < -0.3 is 26.6 Å². The van der Waals surface area contributed by atoms with Crippen LogP contribution in [0.5, 0.6) is 5.75 Å². The molecule has 0 heterocycles. The number of nitrogens with two attached hydrogens (primary N) is 2. The molecule has 0 spiro atoms.